The fourth-order valence-corrected chi connectivity index (χ4v) is 8.37. The number of fused-ring (bicyclic) bond motifs is 4. The summed E-state index contributed by atoms with van der Waals surface area (Å²) in [7, 11) is 0. The fraction of sp³-hybridized carbons (Fsp3) is 0.286. The lowest BCUT2D eigenvalue weighted by Gasteiger charge is -2.09. The summed E-state index contributed by atoms with van der Waals surface area (Å²) in [5.74, 6) is 0. The van der Waals surface area contributed by atoms with Crippen LogP contribution in [-0.4, -0.2) is 0 Å². The second kappa shape index (κ2) is 17.3. The van der Waals surface area contributed by atoms with Crippen LogP contribution in [0.15, 0.2) is 97.1 Å². The van der Waals surface area contributed by atoms with E-state index in [1.807, 2.05) is 0 Å². The van der Waals surface area contributed by atoms with E-state index < -0.39 is 0 Å². The first kappa shape index (κ1) is 42.0. The molecule has 0 saturated carbocycles. The van der Waals surface area contributed by atoms with Crippen molar-refractivity contribution in [3.8, 4) is 0 Å². The molecule has 0 radical (unpaired) electrons. The molecule has 0 aliphatic rings. The average molecular weight is 737 g/mol. The molecule has 0 nitrogen and oxygen atoms in total. The molecular weight excluding hydrogens is 673 g/mol. The molecule has 0 bridgehead atoms. The summed E-state index contributed by atoms with van der Waals surface area (Å²) in [6, 6.07) is 36.0. The van der Waals surface area contributed by atoms with Crippen LogP contribution in [0.5, 0.6) is 0 Å². The highest BCUT2D eigenvalue weighted by Gasteiger charge is 2.06. The normalized spacial score (nSPS) is 10.9. The van der Waals surface area contributed by atoms with E-state index in [9.17, 15) is 0 Å². The van der Waals surface area contributed by atoms with Gasteiger partial charge in [-0.3, -0.25) is 0 Å². The molecule has 0 aliphatic carbocycles. The smallest absolute Gasteiger partial charge is 0.0123 e. The van der Waals surface area contributed by atoms with E-state index in [-0.39, 0.29) is 0 Å². The van der Waals surface area contributed by atoms with Crippen LogP contribution in [0.4, 0.5) is 0 Å². The SMILES string of the molecule is Cc1cc(C)c2c(C)c(C)ccc2c1.Cc1cc(C)c2c(C)c(C)ccc2c1.Cc1cc(C)c2cc(C)c(C)cc2c1.Cc1cc(C)c2cc(C)c(C)cc2c1. The second-order valence-electron chi connectivity index (χ2n) is 16.9. The molecule has 0 atom stereocenters. The molecule has 0 heterocycles. The van der Waals surface area contributed by atoms with Crippen molar-refractivity contribution in [1.29, 1.82) is 0 Å². The van der Waals surface area contributed by atoms with E-state index in [0.29, 0.717) is 0 Å². The molecule has 0 spiro atoms. The first-order chi connectivity index (χ1) is 26.3. The zero-order valence-corrected chi connectivity index (χ0v) is 37.2. The number of aryl methyl sites for hydroxylation is 16. The molecule has 0 heteroatoms. The molecule has 8 aromatic rings. The summed E-state index contributed by atoms with van der Waals surface area (Å²) in [5, 5.41) is 11.1. The van der Waals surface area contributed by atoms with Crippen molar-refractivity contribution in [2.45, 2.75) is 111 Å². The minimum Gasteiger partial charge on any atom is -0.0584 e. The standard InChI is InChI=1S/4C14H16/c2*1-9-5-12(4)14-8-11(3)10(2)7-13(14)6-9;2*1-9-7-11(3)14-12(4)10(2)5-6-13(14)8-9/h4*5-8H,1-4H3. The van der Waals surface area contributed by atoms with Gasteiger partial charge in [-0.05, 0) is 221 Å². The molecule has 0 N–H and O–H groups in total. The third-order valence-electron chi connectivity index (χ3n) is 11.8. The van der Waals surface area contributed by atoms with E-state index in [1.54, 1.807) is 0 Å². The molecule has 0 unspecified atom stereocenters. The van der Waals surface area contributed by atoms with Crippen molar-refractivity contribution >= 4 is 43.1 Å². The molecule has 0 saturated heterocycles. The van der Waals surface area contributed by atoms with E-state index in [4.69, 9.17) is 0 Å². The first-order valence-corrected chi connectivity index (χ1v) is 20.2. The Morgan fingerprint density at radius 3 is 0.839 bits per heavy atom. The average Bonchev–Trinajstić information content (AvgIpc) is 3.10. The number of benzene rings is 8. The number of rotatable bonds is 0. The third kappa shape index (κ3) is 9.42. The predicted molar refractivity (Wildman–Crippen MR) is 252 cm³/mol. The fourth-order valence-electron chi connectivity index (χ4n) is 8.37. The lowest BCUT2D eigenvalue weighted by Crippen LogP contribution is -1.88. The Balaban J connectivity index is 0.000000143. The van der Waals surface area contributed by atoms with Crippen molar-refractivity contribution in [2.24, 2.45) is 0 Å². The van der Waals surface area contributed by atoms with Gasteiger partial charge in [0, 0.05) is 0 Å². The Kier molecular flexibility index (Phi) is 13.0. The van der Waals surface area contributed by atoms with E-state index >= 15 is 0 Å². The van der Waals surface area contributed by atoms with Gasteiger partial charge in [-0.15, -0.1) is 0 Å². The molecule has 56 heavy (non-hydrogen) atoms. The summed E-state index contributed by atoms with van der Waals surface area (Å²) in [6.07, 6.45) is 0. The van der Waals surface area contributed by atoms with Gasteiger partial charge in [0.25, 0.3) is 0 Å². The summed E-state index contributed by atoms with van der Waals surface area (Å²) in [6.45, 7) is 34.8. The maximum Gasteiger partial charge on any atom is -0.0123 e. The monoisotopic (exact) mass is 737 g/mol. The maximum atomic E-state index is 2.29. The summed E-state index contributed by atoms with van der Waals surface area (Å²) in [5.41, 5.74) is 22.0. The highest BCUT2D eigenvalue weighted by molar-refractivity contribution is 5.91. The third-order valence-corrected chi connectivity index (χ3v) is 11.8. The predicted octanol–water partition coefficient (Wildman–Crippen LogP) is 16.3. The largest absolute Gasteiger partial charge is 0.0584 e. The number of hydrogen-bond acceptors (Lipinski definition) is 0. The molecule has 0 fully saturated rings. The lowest BCUT2D eigenvalue weighted by molar-refractivity contribution is 1.35. The highest BCUT2D eigenvalue weighted by Crippen LogP contribution is 2.28. The molecule has 288 valence electrons. The van der Waals surface area contributed by atoms with Gasteiger partial charge in [-0.25, -0.2) is 0 Å². The van der Waals surface area contributed by atoms with Crippen molar-refractivity contribution in [3.05, 3.63) is 186 Å². The van der Waals surface area contributed by atoms with Gasteiger partial charge < -0.3 is 0 Å². The van der Waals surface area contributed by atoms with Crippen molar-refractivity contribution < 1.29 is 0 Å². The van der Waals surface area contributed by atoms with Crippen molar-refractivity contribution in [3.63, 3.8) is 0 Å². The van der Waals surface area contributed by atoms with Crippen LogP contribution in [0.3, 0.4) is 0 Å². The molecule has 0 aliphatic heterocycles. The minimum absolute atomic E-state index is 1.35. The Morgan fingerprint density at radius 1 is 0.214 bits per heavy atom. The minimum atomic E-state index is 1.35. The molecule has 8 rings (SSSR count). The number of hydrogen-bond donors (Lipinski definition) is 0. The van der Waals surface area contributed by atoms with Crippen molar-refractivity contribution in [1.82, 2.24) is 0 Å². The van der Waals surface area contributed by atoms with Gasteiger partial charge >= 0.3 is 0 Å². The quantitative estimate of drug-likeness (QED) is 0.145. The van der Waals surface area contributed by atoms with Crippen LogP contribution in [0.2, 0.25) is 0 Å². The van der Waals surface area contributed by atoms with Crippen LogP contribution < -0.4 is 0 Å². The van der Waals surface area contributed by atoms with Crippen LogP contribution >= 0.6 is 0 Å². The van der Waals surface area contributed by atoms with Gasteiger partial charge in [-0.2, -0.15) is 0 Å². The summed E-state index contributed by atoms with van der Waals surface area (Å²) < 4.78 is 0. The molecule has 0 aromatic heterocycles. The van der Waals surface area contributed by atoms with Crippen LogP contribution in [0, 0.1) is 111 Å². The van der Waals surface area contributed by atoms with Crippen LogP contribution in [0.1, 0.15) is 89.0 Å². The van der Waals surface area contributed by atoms with E-state index in [0.717, 1.165) is 0 Å². The topological polar surface area (TPSA) is 0 Å². The Labute approximate surface area is 338 Å². The van der Waals surface area contributed by atoms with Gasteiger partial charge in [-0.1, -0.05) is 119 Å². The summed E-state index contributed by atoms with van der Waals surface area (Å²) in [4.78, 5) is 0. The highest BCUT2D eigenvalue weighted by atomic mass is 14.1. The zero-order chi connectivity index (χ0) is 41.2. The first-order valence-electron chi connectivity index (χ1n) is 20.2. The zero-order valence-electron chi connectivity index (χ0n) is 37.2. The van der Waals surface area contributed by atoms with Gasteiger partial charge in [0.15, 0.2) is 0 Å². The Bertz CT molecular complexity index is 2520. The van der Waals surface area contributed by atoms with Gasteiger partial charge in [0.05, 0.1) is 0 Å². The van der Waals surface area contributed by atoms with E-state index in [1.165, 1.54) is 132 Å². The van der Waals surface area contributed by atoms with Crippen molar-refractivity contribution in [2.75, 3.05) is 0 Å². The van der Waals surface area contributed by atoms with Gasteiger partial charge in [0.2, 0.25) is 0 Å². The molecular formula is C56H64. The lowest BCUT2D eigenvalue weighted by atomic mass is 9.95. The molecule has 0 amide bonds. The molecule has 8 aromatic carbocycles. The Hall–Kier alpha value is -5.20. The van der Waals surface area contributed by atoms with Gasteiger partial charge in [0.1, 0.15) is 0 Å². The second-order valence-corrected chi connectivity index (χ2v) is 16.9. The maximum absolute atomic E-state index is 2.29. The van der Waals surface area contributed by atoms with E-state index in [2.05, 4.69) is 208 Å². The van der Waals surface area contributed by atoms with Crippen LogP contribution in [-0.2, 0) is 0 Å². The Morgan fingerprint density at radius 2 is 0.500 bits per heavy atom. The summed E-state index contributed by atoms with van der Waals surface area (Å²) >= 11 is 0. The van der Waals surface area contributed by atoms with Crippen LogP contribution in [0.25, 0.3) is 43.1 Å².